The predicted octanol–water partition coefficient (Wildman–Crippen LogP) is 6.54. The first kappa shape index (κ1) is 25.6. The van der Waals surface area contributed by atoms with Crippen molar-refractivity contribution in [3.05, 3.63) is 65.2 Å². The van der Waals surface area contributed by atoms with Crippen LogP contribution in [0.15, 0.2) is 48.5 Å². The second-order valence-corrected chi connectivity index (χ2v) is 10.8. The molecule has 0 unspecified atom stereocenters. The summed E-state index contributed by atoms with van der Waals surface area (Å²) in [6.07, 6.45) is 9.69. The maximum Gasteiger partial charge on any atom is 0.410 e. The maximum absolute atomic E-state index is 13.2. The molecule has 2 fully saturated rings. The van der Waals surface area contributed by atoms with Gasteiger partial charge in [-0.25, -0.2) is 4.79 Å². The van der Waals surface area contributed by atoms with Crippen molar-refractivity contribution >= 4 is 12.1 Å². The lowest BCUT2D eigenvalue weighted by Gasteiger charge is -2.58. The van der Waals surface area contributed by atoms with Crippen molar-refractivity contribution in [2.75, 3.05) is 13.3 Å². The Morgan fingerprint density at radius 1 is 1.03 bits per heavy atom. The van der Waals surface area contributed by atoms with Gasteiger partial charge in [-0.1, -0.05) is 69.0 Å². The fraction of sp³-hybridized carbons (Fsp3) is 0.548. The second kappa shape index (κ2) is 11.6. The molecule has 0 spiro atoms. The van der Waals surface area contributed by atoms with Gasteiger partial charge in [0.15, 0.2) is 0 Å². The monoisotopic (exact) mass is 505 g/mol. The first-order valence-electron chi connectivity index (χ1n) is 14.0. The van der Waals surface area contributed by atoms with Crippen molar-refractivity contribution in [1.82, 2.24) is 4.90 Å². The number of ether oxygens (including phenoxy) is 3. The van der Waals surface area contributed by atoms with Crippen LogP contribution in [0.5, 0.6) is 5.75 Å². The van der Waals surface area contributed by atoms with Crippen LogP contribution in [0.2, 0.25) is 0 Å². The van der Waals surface area contributed by atoms with Gasteiger partial charge >= 0.3 is 12.1 Å². The lowest BCUT2D eigenvalue weighted by atomic mass is 9.52. The van der Waals surface area contributed by atoms with Gasteiger partial charge < -0.3 is 19.1 Å². The molecule has 6 heteroatoms. The highest BCUT2D eigenvalue weighted by Crippen LogP contribution is 2.56. The molecule has 6 nitrogen and oxygen atoms in total. The molecule has 1 saturated carbocycles. The van der Waals surface area contributed by atoms with Crippen LogP contribution in [-0.4, -0.2) is 36.3 Å². The lowest BCUT2D eigenvalue weighted by Crippen LogP contribution is -2.62. The van der Waals surface area contributed by atoms with Gasteiger partial charge in [-0.05, 0) is 66.8 Å². The Morgan fingerprint density at radius 2 is 1.89 bits per heavy atom. The third-order valence-corrected chi connectivity index (χ3v) is 8.68. The smallest absolute Gasteiger partial charge is 0.410 e. The van der Waals surface area contributed by atoms with Gasteiger partial charge in [-0.15, -0.1) is 0 Å². The molecule has 2 aromatic carbocycles. The van der Waals surface area contributed by atoms with E-state index in [1.807, 2.05) is 41.3 Å². The molecule has 1 heterocycles. The summed E-state index contributed by atoms with van der Waals surface area (Å²) in [4.78, 5) is 27.1. The second-order valence-electron chi connectivity index (χ2n) is 10.8. The zero-order valence-corrected chi connectivity index (χ0v) is 22.0. The number of unbranched alkanes of at least 4 members (excludes halogenated alkanes) is 2. The van der Waals surface area contributed by atoms with Crippen molar-refractivity contribution in [3.8, 4) is 5.75 Å². The minimum Gasteiger partial charge on any atom is -0.457 e. The van der Waals surface area contributed by atoms with Gasteiger partial charge in [0.1, 0.15) is 12.4 Å². The summed E-state index contributed by atoms with van der Waals surface area (Å²) >= 11 is 0. The molecule has 2 aliphatic carbocycles. The van der Waals surface area contributed by atoms with E-state index in [0.29, 0.717) is 25.5 Å². The number of amides is 1. The molecule has 1 saturated heterocycles. The minimum atomic E-state index is -0.202. The summed E-state index contributed by atoms with van der Waals surface area (Å²) in [7, 11) is 0. The fourth-order valence-electron chi connectivity index (χ4n) is 6.86. The molecule has 3 aliphatic rings. The molecule has 198 valence electrons. The number of carbonyl (C=O) groups is 2. The average Bonchev–Trinajstić information content (AvgIpc) is 2.93. The number of hydrogen-bond donors (Lipinski definition) is 0. The normalized spacial score (nSPS) is 24.0. The van der Waals surface area contributed by atoms with Crippen molar-refractivity contribution in [2.24, 2.45) is 5.92 Å². The summed E-state index contributed by atoms with van der Waals surface area (Å²) in [5, 5.41) is 0. The topological polar surface area (TPSA) is 65.1 Å². The number of likely N-dealkylation sites (tertiary alicyclic amines) is 1. The minimum absolute atomic E-state index is 0.0518. The van der Waals surface area contributed by atoms with Crippen LogP contribution in [0.4, 0.5) is 4.79 Å². The molecular formula is C31H39NO5. The molecule has 5 rings (SSSR count). The Morgan fingerprint density at radius 3 is 2.73 bits per heavy atom. The molecule has 2 aromatic rings. The van der Waals surface area contributed by atoms with Gasteiger partial charge in [0.05, 0.1) is 0 Å². The number of rotatable bonds is 9. The number of nitrogens with zero attached hydrogens (tertiary/aromatic N) is 1. The van der Waals surface area contributed by atoms with E-state index in [9.17, 15) is 9.59 Å². The number of piperidine rings is 1. The van der Waals surface area contributed by atoms with Crippen molar-refractivity contribution < 1.29 is 23.8 Å². The first-order chi connectivity index (χ1) is 18.1. The van der Waals surface area contributed by atoms with Crippen molar-refractivity contribution in [1.29, 1.82) is 0 Å². The van der Waals surface area contributed by atoms with Crippen LogP contribution < -0.4 is 4.74 Å². The Bertz CT molecular complexity index is 1090. The van der Waals surface area contributed by atoms with Crippen LogP contribution in [0, 0.1) is 5.92 Å². The van der Waals surface area contributed by atoms with Gasteiger partial charge in [0.25, 0.3) is 0 Å². The SMILES string of the molecule is CCCCCC(=O)OCOc1ccc2c(c1)[C@@]13CCCC[C@H]1[C@@H](C2)N(C(=O)OCc1ccccc1)CC3. The van der Waals surface area contributed by atoms with Gasteiger partial charge in [0.2, 0.25) is 6.79 Å². The largest absolute Gasteiger partial charge is 0.457 e. The van der Waals surface area contributed by atoms with Gasteiger partial charge in [0, 0.05) is 24.4 Å². The summed E-state index contributed by atoms with van der Waals surface area (Å²) in [5.74, 6) is 0.979. The Kier molecular flexibility index (Phi) is 8.02. The van der Waals surface area contributed by atoms with E-state index >= 15 is 0 Å². The maximum atomic E-state index is 13.2. The van der Waals surface area contributed by atoms with E-state index in [-0.39, 0.29) is 30.3 Å². The molecule has 0 radical (unpaired) electrons. The van der Waals surface area contributed by atoms with Crippen LogP contribution in [0.25, 0.3) is 0 Å². The third kappa shape index (κ3) is 5.48. The number of benzene rings is 2. The van der Waals surface area contributed by atoms with Gasteiger partial charge in [-0.3, -0.25) is 4.79 Å². The molecule has 0 N–H and O–H groups in total. The fourth-order valence-corrected chi connectivity index (χ4v) is 6.86. The van der Waals surface area contributed by atoms with E-state index in [4.69, 9.17) is 14.2 Å². The summed E-state index contributed by atoms with van der Waals surface area (Å²) in [6.45, 7) is 3.09. The highest BCUT2D eigenvalue weighted by atomic mass is 16.7. The Balaban J connectivity index is 1.27. The number of fused-ring (bicyclic) bond motifs is 1. The molecule has 1 aliphatic heterocycles. The standard InChI is InChI=1S/C31H39NO5/c1-2-3-5-13-29(33)37-22-36-25-15-14-24-19-28-26-12-8-9-16-31(26,27(24)20-25)17-18-32(28)30(34)35-21-23-10-6-4-7-11-23/h4,6-7,10-11,14-15,20,26,28H,2-3,5,8-9,12-13,16-19,21-22H2,1H3/t26-,28+,31+/m0/s1. The molecule has 0 aromatic heterocycles. The van der Waals surface area contributed by atoms with E-state index in [1.165, 1.54) is 24.0 Å². The van der Waals surface area contributed by atoms with Crippen molar-refractivity contribution in [3.63, 3.8) is 0 Å². The molecule has 3 atom stereocenters. The summed E-state index contributed by atoms with van der Waals surface area (Å²) in [6, 6.07) is 16.3. The van der Waals surface area contributed by atoms with Crippen LogP contribution >= 0.6 is 0 Å². The third-order valence-electron chi connectivity index (χ3n) is 8.68. The molecule has 2 bridgehead atoms. The summed E-state index contributed by atoms with van der Waals surface area (Å²) < 4.78 is 16.9. The quantitative estimate of drug-likeness (QED) is 0.220. The highest BCUT2D eigenvalue weighted by Gasteiger charge is 2.55. The Labute approximate surface area is 220 Å². The van der Waals surface area contributed by atoms with Crippen LogP contribution in [0.3, 0.4) is 0 Å². The molecule has 1 amide bonds. The lowest BCUT2D eigenvalue weighted by molar-refractivity contribution is -0.150. The predicted molar refractivity (Wildman–Crippen MR) is 141 cm³/mol. The summed E-state index contributed by atoms with van der Waals surface area (Å²) in [5.41, 5.74) is 3.75. The van der Waals surface area contributed by atoms with Crippen molar-refractivity contribution in [2.45, 2.75) is 89.2 Å². The highest BCUT2D eigenvalue weighted by molar-refractivity contribution is 5.69. The number of esters is 1. The van der Waals surface area contributed by atoms with Crippen LogP contribution in [0.1, 0.15) is 81.4 Å². The Hall–Kier alpha value is -3.02. The molecular weight excluding hydrogens is 466 g/mol. The number of hydrogen-bond acceptors (Lipinski definition) is 5. The average molecular weight is 506 g/mol. The zero-order valence-electron chi connectivity index (χ0n) is 22.0. The van der Waals surface area contributed by atoms with Gasteiger partial charge in [-0.2, -0.15) is 0 Å². The number of carbonyl (C=O) groups excluding carboxylic acids is 2. The first-order valence-corrected chi connectivity index (χ1v) is 14.0. The van der Waals surface area contributed by atoms with E-state index in [0.717, 1.165) is 56.3 Å². The van der Waals surface area contributed by atoms with Crippen LogP contribution in [-0.2, 0) is 32.7 Å². The van der Waals surface area contributed by atoms with E-state index < -0.39 is 0 Å². The zero-order chi connectivity index (χ0) is 25.7. The van der Waals surface area contributed by atoms with E-state index in [1.54, 1.807) is 0 Å². The molecule has 37 heavy (non-hydrogen) atoms. The van der Waals surface area contributed by atoms with E-state index in [2.05, 4.69) is 19.1 Å².